The Morgan fingerprint density at radius 3 is 2.67 bits per heavy atom. The minimum Gasteiger partial charge on any atom is -0.467 e. The zero-order valence-corrected chi connectivity index (χ0v) is 18.4. The number of rotatable bonds is 10. The smallest absolute Gasteiger partial charge is 0.338 e. The minimum atomic E-state index is -0.764. The van der Waals surface area contributed by atoms with E-state index in [0.717, 1.165) is 6.42 Å². The standard InChI is InChI=1S/C22H25N5O6/c1-3-9-27(13-17-25-26-20(33-17)16-8-6-11-32-16)12-14-18(21(28)30-4-2)19(24-22(29)23-14)15-7-5-10-31-15/h5-8,10-11,19H,3-4,9,12-13H2,1-2H3,(H2,23,24,29)/t19-/m1/s1. The fraction of sp³-hybridized carbons (Fsp3) is 0.364. The number of furan rings is 2. The third-order valence-corrected chi connectivity index (χ3v) is 4.96. The van der Waals surface area contributed by atoms with Crippen molar-refractivity contribution in [3.05, 3.63) is 59.7 Å². The number of urea groups is 1. The summed E-state index contributed by atoms with van der Waals surface area (Å²) >= 11 is 0. The largest absolute Gasteiger partial charge is 0.467 e. The lowest BCUT2D eigenvalue weighted by Gasteiger charge is -2.30. The summed E-state index contributed by atoms with van der Waals surface area (Å²) in [5.74, 6) is 1.06. The topological polar surface area (TPSA) is 136 Å². The second-order valence-electron chi connectivity index (χ2n) is 7.35. The van der Waals surface area contributed by atoms with Gasteiger partial charge in [0.2, 0.25) is 5.89 Å². The molecule has 0 saturated heterocycles. The number of amides is 2. The summed E-state index contributed by atoms with van der Waals surface area (Å²) in [6.07, 6.45) is 3.85. The van der Waals surface area contributed by atoms with Crippen LogP contribution in [-0.4, -0.2) is 46.8 Å². The van der Waals surface area contributed by atoms with E-state index in [4.69, 9.17) is 18.0 Å². The van der Waals surface area contributed by atoms with Crippen molar-refractivity contribution in [3.8, 4) is 11.7 Å². The zero-order chi connectivity index (χ0) is 23.2. The lowest BCUT2D eigenvalue weighted by atomic mass is 9.99. The molecule has 0 aromatic carbocycles. The molecule has 174 valence electrons. The van der Waals surface area contributed by atoms with Gasteiger partial charge in [0.1, 0.15) is 11.8 Å². The quantitative estimate of drug-likeness (QED) is 0.442. The molecule has 1 aliphatic rings. The summed E-state index contributed by atoms with van der Waals surface area (Å²) < 4.78 is 21.8. The van der Waals surface area contributed by atoms with Crippen molar-refractivity contribution in [2.45, 2.75) is 32.9 Å². The second kappa shape index (κ2) is 10.2. The van der Waals surface area contributed by atoms with Gasteiger partial charge in [-0.1, -0.05) is 6.92 Å². The Morgan fingerprint density at radius 2 is 1.97 bits per heavy atom. The molecular weight excluding hydrogens is 430 g/mol. The number of nitrogens with one attached hydrogen (secondary N) is 2. The van der Waals surface area contributed by atoms with Crippen LogP contribution in [0.2, 0.25) is 0 Å². The van der Waals surface area contributed by atoms with Crippen LogP contribution in [0.4, 0.5) is 4.79 Å². The molecule has 0 unspecified atom stereocenters. The average Bonchev–Trinajstić information content (AvgIpc) is 3.55. The van der Waals surface area contributed by atoms with Crippen LogP contribution in [-0.2, 0) is 16.1 Å². The molecule has 0 radical (unpaired) electrons. The van der Waals surface area contributed by atoms with Crippen molar-refractivity contribution in [1.29, 1.82) is 0 Å². The van der Waals surface area contributed by atoms with Gasteiger partial charge in [0.25, 0.3) is 5.89 Å². The highest BCUT2D eigenvalue weighted by molar-refractivity contribution is 5.95. The molecule has 33 heavy (non-hydrogen) atoms. The summed E-state index contributed by atoms with van der Waals surface area (Å²) in [7, 11) is 0. The van der Waals surface area contributed by atoms with Gasteiger partial charge < -0.3 is 28.6 Å². The maximum atomic E-state index is 12.9. The first-order chi connectivity index (χ1) is 16.1. The van der Waals surface area contributed by atoms with Crippen molar-refractivity contribution in [2.24, 2.45) is 0 Å². The molecule has 4 heterocycles. The van der Waals surface area contributed by atoms with E-state index < -0.39 is 18.0 Å². The van der Waals surface area contributed by atoms with Gasteiger partial charge in [0.15, 0.2) is 5.76 Å². The van der Waals surface area contributed by atoms with Gasteiger partial charge in [-0.2, -0.15) is 0 Å². The van der Waals surface area contributed by atoms with E-state index in [1.807, 2.05) is 11.8 Å². The summed E-state index contributed by atoms with van der Waals surface area (Å²) in [6, 6.07) is 5.67. The highest BCUT2D eigenvalue weighted by Gasteiger charge is 2.36. The van der Waals surface area contributed by atoms with Crippen molar-refractivity contribution < 1.29 is 27.6 Å². The van der Waals surface area contributed by atoms with Gasteiger partial charge in [0, 0.05) is 12.2 Å². The summed E-state index contributed by atoms with van der Waals surface area (Å²) in [4.78, 5) is 27.3. The highest BCUT2D eigenvalue weighted by atomic mass is 16.5. The van der Waals surface area contributed by atoms with Crippen LogP contribution < -0.4 is 10.6 Å². The first-order valence-corrected chi connectivity index (χ1v) is 10.7. The summed E-state index contributed by atoms with van der Waals surface area (Å²) in [6.45, 7) is 5.19. The normalized spacial score (nSPS) is 16.1. The lowest BCUT2D eigenvalue weighted by Crippen LogP contribution is -2.48. The minimum absolute atomic E-state index is 0.199. The van der Waals surface area contributed by atoms with Gasteiger partial charge in [-0.05, 0) is 44.2 Å². The first-order valence-electron chi connectivity index (χ1n) is 10.7. The van der Waals surface area contributed by atoms with Crippen LogP contribution in [0.3, 0.4) is 0 Å². The Kier molecular flexibility index (Phi) is 6.89. The Bertz CT molecular complexity index is 1100. The molecule has 11 nitrogen and oxygen atoms in total. The van der Waals surface area contributed by atoms with Crippen molar-refractivity contribution in [1.82, 2.24) is 25.7 Å². The number of esters is 1. The van der Waals surface area contributed by atoms with E-state index in [-0.39, 0.29) is 24.6 Å². The molecule has 3 aromatic heterocycles. The predicted molar refractivity (Wildman–Crippen MR) is 114 cm³/mol. The first kappa shape index (κ1) is 22.3. The molecular formula is C22H25N5O6. The number of aromatic nitrogens is 2. The van der Waals surface area contributed by atoms with Crippen LogP contribution in [0.25, 0.3) is 11.7 Å². The molecule has 0 saturated carbocycles. The van der Waals surface area contributed by atoms with Gasteiger partial charge in [-0.3, -0.25) is 4.90 Å². The van der Waals surface area contributed by atoms with E-state index in [9.17, 15) is 9.59 Å². The lowest BCUT2D eigenvalue weighted by molar-refractivity contribution is -0.139. The molecule has 0 bridgehead atoms. The maximum Gasteiger partial charge on any atom is 0.338 e. The van der Waals surface area contributed by atoms with Gasteiger partial charge in [-0.15, -0.1) is 10.2 Å². The average molecular weight is 455 g/mol. The number of hydrogen-bond acceptors (Lipinski definition) is 9. The van der Waals surface area contributed by atoms with Gasteiger partial charge >= 0.3 is 12.0 Å². The van der Waals surface area contributed by atoms with Crippen molar-refractivity contribution in [2.75, 3.05) is 19.7 Å². The molecule has 2 amide bonds. The van der Waals surface area contributed by atoms with E-state index in [1.54, 1.807) is 31.2 Å². The van der Waals surface area contributed by atoms with Crippen molar-refractivity contribution >= 4 is 12.0 Å². The van der Waals surface area contributed by atoms with E-state index in [1.165, 1.54) is 12.5 Å². The third-order valence-electron chi connectivity index (χ3n) is 4.96. The van der Waals surface area contributed by atoms with Gasteiger partial charge in [-0.25, -0.2) is 9.59 Å². The number of carbonyl (C=O) groups excluding carboxylic acids is 2. The van der Waals surface area contributed by atoms with Crippen LogP contribution in [0.15, 0.2) is 61.3 Å². The summed E-state index contributed by atoms with van der Waals surface area (Å²) in [5, 5.41) is 13.6. The van der Waals surface area contributed by atoms with E-state index in [0.29, 0.717) is 36.2 Å². The number of ether oxygens (including phenoxy) is 1. The van der Waals surface area contributed by atoms with E-state index in [2.05, 4.69) is 20.8 Å². The number of nitrogens with zero attached hydrogens (tertiary/aromatic N) is 3. The Morgan fingerprint density at radius 1 is 1.15 bits per heavy atom. The van der Waals surface area contributed by atoms with Crippen LogP contribution in [0, 0.1) is 0 Å². The maximum absolute atomic E-state index is 12.9. The van der Waals surface area contributed by atoms with Crippen molar-refractivity contribution in [3.63, 3.8) is 0 Å². The van der Waals surface area contributed by atoms with Gasteiger partial charge in [0.05, 0.1) is 31.3 Å². The monoisotopic (exact) mass is 455 g/mol. The fourth-order valence-corrected chi connectivity index (χ4v) is 3.62. The third kappa shape index (κ3) is 5.14. The SMILES string of the molecule is CCCN(CC1=C(C(=O)OCC)[C@@H](c2ccco2)NC(=O)N1)Cc1nnc(-c2ccco2)o1. The van der Waals surface area contributed by atoms with Crippen LogP contribution >= 0.6 is 0 Å². The molecule has 11 heteroatoms. The molecule has 0 spiro atoms. The van der Waals surface area contributed by atoms with Crippen LogP contribution in [0.1, 0.15) is 38.0 Å². The Hall–Kier alpha value is -3.86. The molecule has 3 aromatic rings. The zero-order valence-electron chi connectivity index (χ0n) is 18.4. The second-order valence-corrected chi connectivity index (χ2v) is 7.35. The molecule has 0 fully saturated rings. The van der Waals surface area contributed by atoms with E-state index >= 15 is 0 Å². The molecule has 1 aliphatic heterocycles. The fourth-order valence-electron chi connectivity index (χ4n) is 3.62. The Balaban J connectivity index is 1.61. The molecule has 4 rings (SSSR count). The van der Waals surface area contributed by atoms with Crippen LogP contribution in [0.5, 0.6) is 0 Å². The predicted octanol–water partition coefficient (Wildman–Crippen LogP) is 3.01. The molecule has 2 N–H and O–H groups in total. The molecule has 0 aliphatic carbocycles. The highest BCUT2D eigenvalue weighted by Crippen LogP contribution is 2.29. The Labute approximate surface area is 189 Å². The number of hydrogen-bond donors (Lipinski definition) is 2. The summed E-state index contributed by atoms with van der Waals surface area (Å²) in [5.41, 5.74) is 0.715. The number of carbonyl (C=O) groups is 2. The molecule has 1 atom stereocenters.